The van der Waals surface area contributed by atoms with Crippen LogP contribution in [0.1, 0.15) is 25.7 Å². The molecule has 3 aromatic heterocycles. The van der Waals surface area contributed by atoms with Crippen molar-refractivity contribution in [1.82, 2.24) is 19.9 Å². The number of hydrogen-bond acceptors (Lipinski definition) is 4. The number of hydrogen-bond donors (Lipinski definition) is 1. The molecule has 2 fully saturated rings. The van der Waals surface area contributed by atoms with E-state index in [0.29, 0.717) is 11.9 Å². The van der Waals surface area contributed by atoms with E-state index in [9.17, 15) is 4.79 Å². The summed E-state index contributed by atoms with van der Waals surface area (Å²) in [6, 6.07) is 4.62. The fourth-order valence-electron chi connectivity index (χ4n) is 4.23. The number of aromatic amines is 1. The molecule has 0 aromatic carbocycles. The Morgan fingerprint density at radius 1 is 1.27 bits per heavy atom. The predicted octanol–water partition coefficient (Wildman–Crippen LogP) is 2.95. The Balaban J connectivity index is 1.51. The fraction of sp³-hybridized carbons (Fsp3) is 0.450. The molecule has 1 aliphatic heterocycles. The topological polar surface area (TPSA) is 65.1 Å². The quantitative estimate of drug-likeness (QED) is 0.789. The van der Waals surface area contributed by atoms with Crippen LogP contribution in [0, 0.1) is 5.92 Å². The smallest absolute Gasteiger partial charge is 0.227 e. The number of rotatable bonds is 3. The molecule has 0 bridgehead atoms. The molecule has 6 heteroatoms. The van der Waals surface area contributed by atoms with E-state index in [1.165, 1.54) is 5.69 Å². The van der Waals surface area contributed by atoms with Crippen molar-refractivity contribution in [2.75, 3.05) is 25.0 Å². The first-order valence-electron chi connectivity index (χ1n) is 9.45. The molecule has 1 aliphatic carbocycles. The van der Waals surface area contributed by atoms with Crippen molar-refractivity contribution >= 4 is 33.5 Å². The van der Waals surface area contributed by atoms with Crippen molar-refractivity contribution in [3.05, 3.63) is 30.7 Å². The van der Waals surface area contributed by atoms with E-state index in [4.69, 9.17) is 0 Å². The summed E-state index contributed by atoms with van der Waals surface area (Å²) in [4.78, 5) is 29.3. The van der Waals surface area contributed by atoms with Gasteiger partial charge in [-0.2, -0.15) is 0 Å². The number of pyridine rings is 2. The van der Waals surface area contributed by atoms with E-state index < -0.39 is 0 Å². The minimum absolute atomic E-state index is 0.0868. The van der Waals surface area contributed by atoms with E-state index in [-0.39, 0.29) is 5.92 Å². The first kappa shape index (κ1) is 15.6. The van der Waals surface area contributed by atoms with Gasteiger partial charge in [0.1, 0.15) is 0 Å². The third-order valence-electron chi connectivity index (χ3n) is 5.82. The van der Waals surface area contributed by atoms with Gasteiger partial charge in [0.05, 0.1) is 17.6 Å². The SMILES string of the molecule is CN(C(=O)C1CCCN(c2cc[nH]c3cnc4nccc4c23)C1)C1CC1. The highest BCUT2D eigenvalue weighted by atomic mass is 16.2. The van der Waals surface area contributed by atoms with Gasteiger partial charge in [-0.1, -0.05) is 0 Å². The standard InChI is InChI=1S/C20H23N5O/c1-24(14-4-5-14)20(26)13-3-2-10-25(12-13)17-7-9-21-16-11-23-19-15(18(16)17)6-8-22-19/h6-9,11,13-14,21H,2-5,10,12H2,1H3. The third-order valence-corrected chi connectivity index (χ3v) is 5.82. The lowest BCUT2D eigenvalue weighted by Crippen LogP contribution is -2.44. The maximum absolute atomic E-state index is 12.9. The van der Waals surface area contributed by atoms with Crippen LogP contribution in [0.25, 0.3) is 21.9 Å². The number of H-pyrrole nitrogens is 1. The van der Waals surface area contributed by atoms with Gasteiger partial charge >= 0.3 is 0 Å². The highest BCUT2D eigenvalue weighted by Crippen LogP contribution is 2.34. The molecule has 134 valence electrons. The van der Waals surface area contributed by atoms with Crippen LogP contribution >= 0.6 is 0 Å². The van der Waals surface area contributed by atoms with Gasteiger partial charge in [0.25, 0.3) is 0 Å². The molecule has 4 heterocycles. The molecule has 1 saturated heterocycles. The van der Waals surface area contributed by atoms with E-state index in [1.54, 1.807) is 6.20 Å². The number of nitrogens with zero attached hydrogens (tertiary/aromatic N) is 4. The van der Waals surface area contributed by atoms with Crippen molar-refractivity contribution in [1.29, 1.82) is 0 Å². The van der Waals surface area contributed by atoms with E-state index >= 15 is 0 Å². The van der Waals surface area contributed by atoms with Crippen LogP contribution in [0.3, 0.4) is 0 Å². The molecule has 5 rings (SSSR count). The summed E-state index contributed by atoms with van der Waals surface area (Å²) in [7, 11) is 1.97. The summed E-state index contributed by atoms with van der Waals surface area (Å²) >= 11 is 0. The summed E-state index contributed by atoms with van der Waals surface area (Å²) < 4.78 is 0. The number of carbonyl (C=O) groups is 1. The van der Waals surface area contributed by atoms with Gasteiger partial charge in [0.15, 0.2) is 5.65 Å². The molecule has 0 radical (unpaired) electrons. The van der Waals surface area contributed by atoms with E-state index in [1.807, 2.05) is 30.4 Å². The van der Waals surface area contributed by atoms with Gasteiger partial charge in [0, 0.05) is 55.0 Å². The Hall–Kier alpha value is -2.63. The van der Waals surface area contributed by atoms with Crippen LogP contribution in [0.5, 0.6) is 0 Å². The molecule has 3 aromatic rings. The van der Waals surface area contributed by atoms with E-state index in [0.717, 1.165) is 60.7 Å². The molecule has 26 heavy (non-hydrogen) atoms. The van der Waals surface area contributed by atoms with Crippen molar-refractivity contribution in [2.45, 2.75) is 31.7 Å². The monoisotopic (exact) mass is 349 g/mol. The number of fused-ring (bicyclic) bond motifs is 3. The van der Waals surface area contributed by atoms with Gasteiger partial charge in [-0.05, 0) is 37.8 Å². The number of carbonyl (C=O) groups excluding carboxylic acids is 1. The maximum Gasteiger partial charge on any atom is 0.227 e. The second-order valence-corrected chi connectivity index (χ2v) is 7.56. The number of amides is 1. The lowest BCUT2D eigenvalue weighted by molar-refractivity contribution is -0.134. The Morgan fingerprint density at radius 3 is 3.00 bits per heavy atom. The van der Waals surface area contributed by atoms with Crippen molar-refractivity contribution in [2.24, 2.45) is 5.92 Å². The van der Waals surface area contributed by atoms with Gasteiger partial charge in [-0.15, -0.1) is 0 Å². The summed E-state index contributed by atoms with van der Waals surface area (Å²) in [6.07, 6.45) is 9.96. The zero-order valence-electron chi connectivity index (χ0n) is 15.0. The molecule has 1 amide bonds. The van der Waals surface area contributed by atoms with Gasteiger partial charge in [-0.3, -0.25) is 4.79 Å². The second kappa shape index (κ2) is 5.97. The third kappa shape index (κ3) is 2.52. The molecule has 2 aliphatic rings. The van der Waals surface area contributed by atoms with Crippen LogP contribution in [0.4, 0.5) is 5.69 Å². The molecule has 1 unspecified atom stereocenters. The molecule has 1 atom stereocenters. The largest absolute Gasteiger partial charge is 0.370 e. The zero-order chi connectivity index (χ0) is 17.7. The maximum atomic E-state index is 12.9. The molecule has 0 spiro atoms. The molecular formula is C20H23N5O. The Bertz CT molecular complexity index is 977. The summed E-state index contributed by atoms with van der Waals surface area (Å²) in [6.45, 7) is 1.76. The second-order valence-electron chi connectivity index (χ2n) is 7.56. The summed E-state index contributed by atoms with van der Waals surface area (Å²) in [5.41, 5.74) is 2.95. The Kier molecular flexibility index (Phi) is 3.58. The highest BCUT2D eigenvalue weighted by molar-refractivity contribution is 6.10. The molecule has 6 nitrogen and oxygen atoms in total. The minimum atomic E-state index is 0.0868. The Morgan fingerprint density at radius 2 is 2.15 bits per heavy atom. The lowest BCUT2D eigenvalue weighted by atomic mass is 9.95. The van der Waals surface area contributed by atoms with Crippen LogP contribution in [0.15, 0.2) is 30.7 Å². The molecule has 1 N–H and O–H groups in total. The van der Waals surface area contributed by atoms with Crippen molar-refractivity contribution < 1.29 is 4.79 Å². The first-order chi connectivity index (χ1) is 12.7. The summed E-state index contributed by atoms with van der Waals surface area (Å²) in [5, 5.41) is 2.22. The summed E-state index contributed by atoms with van der Waals surface area (Å²) in [5.74, 6) is 0.398. The van der Waals surface area contributed by atoms with Gasteiger partial charge in [-0.25, -0.2) is 9.97 Å². The van der Waals surface area contributed by atoms with Crippen molar-refractivity contribution in [3.8, 4) is 0 Å². The number of anilines is 1. The van der Waals surface area contributed by atoms with E-state index in [2.05, 4.69) is 25.9 Å². The normalized spacial score (nSPS) is 20.7. The van der Waals surface area contributed by atoms with Crippen LogP contribution < -0.4 is 4.90 Å². The minimum Gasteiger partial charge on any atom is -0.370 e. The van der Waals surface area contributed by atoms with Crippen LogP contribution in [-0.2, 0) is 4.79 Å². The number of piperidine rings is 1. The zero-order valence-corrected chi connectivity index (χ0v) is 15.0. The van der Waals surface area contributed by atoms with Crippen molar-refractivity contribution in [3.63, 3.8) is 0 Å². The Labute approximate surface area is 152 Å². The highest BCUT2D eigenvalue weighted by Gasteiger charge is 2.35. The average Bonchev–Trinajstić information content (AvgIpc) is 3.43. The predicted molar refractivity (Wildman–Crippen MR) is 102 cm³/mol. The van der Waals surface area contributed by atoms with Crippen LogP contribution in [-0.4, -0.2) is 51.9 Å². The number of nitrogens with one attached hydrogen (secondary N) is 1. The lowest BCUT2D eigenvalue weighted by Gasteiger charge is -2.36. The average molecular weight is 349 g/mol. The van der Waals surface area contributed by atoms with Crippen LogP contribution in [0.2, 0.25) is 0 Å². The van der Waals surface area contributed by atoms with Gasteiger partial charge in [0.2, 0.25) is 5.91 Å². The first-order valence-corrected chi connectivity index (χ1v) is 9.45. The number of aromatic nitrogens is 3. The molecular weight excluding hydrogens is 326 g/mol. The fourth-order valence-corrected chi connectivity index (χ4v) is 4.23. The van der Waals surface area contributed by atoms with Gasteiger partial charge < -0.3 is 14.8 Å². The molecule has 1 saturated carbocycles.